The Kier molecular flexibility index (Phi) is 6.98. The van der Waals surface area contributed by atoms with Crippen LogP contribution >= 0.6 is 21.6 Å². The third-order valence-corrected chi connectivity index (χ3v) is 3.89. The summed E-state index contributed by atoms with van der Waals surface area (Å²) in [6.45, 7) is 1.43. The van der Waals surface area contributed by atoms with Crippen molar-refractivity contribution in [2.24, 2.45) is 11.5 Å². The number of hydrogen-bond acceptors (Lipinski definition) is 6. The summed E-state index contributed by atoms with van der Waals surface area (Å²) in [7, 11) is 2.68. The molecule has 0 saturated carbocycles. The summed E-state index contributed by atoms with van der Waals surface area (Å²) >= 11 is 0. The molecule has 14 heavy (non-hydrogen) atoms. The van der Waals surface area contributed by atoms with E-state index in [0.29, 0.717) is 11.5 Å². The van der Waals surface area contributed by atoms with Gasteiger partial charge in [-0.3, -0.25) is 9.59 Å². The van der Waals surface area contributed by atoms with Gasteiger partial charge in [-0.05, 0) is 6.92 Å². The van der Waals surface area contributed by atoms with E-state index in [0.717, 1.165) is 0 Å². The van der Waals surface area contributed by atoms with Gasteiger partial charge in [-0.25, -0.2) is 0 Å². The molecular formula is C7H14N2O3S2. The monoisotopic (exact) mass is 238 g/mol. The van der Waals surface area contributed by atoms with Crippen LogP contribution in [0.4, 0.5) is 0 Å². The van der Waals surface area contributed by atoms with E-state index in [2.05, 4.69) is 0 Å². The van der Waals surface area contributed by atoms with E-state index in [1.165, 1.54) is 28.5 Å². The van der Waals surface area contributed by atoms with E-state index >= 15 is 0 Å². The highest BCUT2D eigenvalue weighted by Gasteiger charge is 2.12. The number of carbonyl (C=O) groups excluding carboxylic acids is 1. The first-order valence-corrected chi connectivity index (χ1v) is 6.42. The number of hydrogen-bond donors (Lipinski definition) is 3. The average Bonchev–Trinajstić information content (AvgIpc) is 2.11. The number of ketones is 1. The fraction of sp³-hybridized carbons (Fsp3) is 0.714. The van der Waals surface area contributed by atoms with Gasteiger partial charge in [0, 0.05) is 11.5 Å². The van der Waals surface area contributed by atoms with Gasteiger partial charge in [-0.1, -0.05) is 21.6 Å². The molecule has 0 aliphatic carbocycles. The first kappa shape index (κ1) is 13.8. The van der Waals surface area contributed by atoms with Gasteiger partial charge in [0.15, 0.2) is 0 Å². The second-order valence-corrected chi connectivity index (χ2v) is 5.28. The minimum absolute atomic E-state index is 0.0689. The highest BCUT2D eigenvalue weighted by molar-refractivity contribution is 8.76. The molecule has 0 saturated heterocycles. The van der Waals surface area contributed by atoms with E-state index in [1.54, 1.807) is 0 Å². The van der Waals surface area contributed by atoms with Gasteiger partial charge in [0.05, 0.1) is 6.04 Å². The molecule has 0 amide bonds. The van der Waals surface area contributed by atoms with Crippen molar-refractivity contribution in [3.8, 4) is 0 Å². The number of rotatable bonds is 7. The quantitative estimate of drug-likeness (QED) is 0.413. The molecule has 5 N–H and O–H groups in total. The van der Waals surface area contributed by atoms with E-state index < -0.39 is 18.1 Å². The number of carboxylic acid groups (broad SMARTS) is 1. The Morgan fingerprint density at radius 3 is 2.00 bits per heavy atom. The molecule has 0 aliphatic rings. The Hall–Kier alpha value is -0.240. The molecule has 82 valence electrons. The molecule has 5 nitrogen and oxygen atoms in total. The van der Waals surface area contributed by atoms with Crippen molar-refractivity contribution in [1.29, 1.82) is 0 Å². The Morgan fingerprint density at radius 2 is 1.64 bits per heavy atom. The highest BCUT2D eigenvalue weighted by Crippen LogP contribution is 2.22. The van der Waals surface area contributed by atoms with Crippen LogP contribution in [0.3, 0.4) is 0 Å². The average molecular weight is 238 g/mol. The minimum Gasteiger partial charge on any atom is -0.480 e. The lowest BCUT2D eigenvalue weighted by atomic mass is 10.3. The molecule has 2 unspecified atom stereocenters. The van der Waals surface area contributed by atoms with Crippen LogP contribution in [0.2, 0.25) is 0 Å². The second-order valence-electron chi connectivity index (χ2n) is 2.73. The number of carbonyl (C=O) groups is 2. The molecule has 0 aromatic heterocycles. The van der Waals surface area contributed by atoms with Gasteiger partial charge < -0.3 is 16.6 Å². The molecule has 0 radical (unpaired) electrons. The fourth-order valence-electron chi connectivity index (χ4n) is 0.431. The van der Waals surface area contributed by atoms with Crippen molar-refractivity contribution < 1.29 is 14.7 Å². The van der Waals surface area contributed by atoms with Crippen molar-refractivity contribution >= 4 is 33.3 Å². The van der Waals surface area contributed by atoms with E-state index in [9.17, 15) is 9.59 Å². The Balaban J connectivity index is 3.47. The first-order chi connectivity index (χ1) is 6.45. The van der Waals surface area contributed by atoms with E-state index in [-0.39, 0.29) is 5.78 Å². The van der Waals surface area contributed by atoms with Crippen LogP contribution in [0, 0.1) is 0 Å². The molecular weight excluding hydrogens is 224 g/mol. The fourth-order valence-corrected chi connectivity index (χ4v) is 2.75. The lowest BCUT2D eigenvalue weighted by Gasteiger charge is -2.07. The molecule has 0 aromatic rings. The van der Waals surface area contributed by atoms with Gasteiger partial charge >= 0.3 is 5.97 Å². The van der Waals surface area contributed by atoms with Crippen molar-refractivity contribution in [2.75, 3.05) is 11.5 Å². The highest BCUT2D eigenvalue weighted by atomic mass is 33.1. The van der Waals surface area contributed by atoms with Crippen molar-refractivity contribution in [1.82, 2.24) is 0 Å². The third-order valence-electron chi connectivity index (χ3n) is 1.42. The molecule has 0 fully saturated rings. The van der Waals surface area contributed by atoms with Gasteiger partial charge in [0.2, 0.25) is 0 Å². The number of nitrogens with two attached hydrogens (primary N) is 2. The third kappa shape index (κ3) is 6.25. The molecule has 0 spiro atoms. The molecule has 0 bridgehead atoms. The molecule has 0 rings (SSSR count). The summed E-state index contributed by atoms with van der Waals surface area (Å²) in [5.74, 6) is -0.300. The summed E-state index contributed by atoms with van der Waals surface area (Å²) < 4.78 is 0. The largest absolute Gasteiger partial charge is 0.480 e. The van der Waals surface area contributed by atoms with Crippen LogP contribution in [0.25, 0.3) is 0 Å². The van der Waals surface area contributed by atoms with E-state index in [4.69, 9.17) is 16.6 Å². The maximum atomic E-state index is 10.7. The van der Waals surface area contributed by atoms with Crippen LogP contribution in [0.15, 0.2) is 0 Å². The molecule has 2 atom stereocenters. The normalized spacial score (nSPS) is 14.8. The van der Waals surface area contributed by atoms with Crippen molar-refractivity contribution in [2.45, 2.75) is 19.0 Å². The SMILES string of the molecule is CC(=O)C(N)CSSCC(N)C(=O)O. The smallest absolute Gasteiger partial charge is 0.321 e. The summed E-state index contributed by atoms with van der Waals surface area (Å²) in [4.78, 5) is 21.0. The summed E-state index contributed by atoms with van der Waals surface area (Å²) in [6, 6.07) is -1.34. The summed E-state index contributed by atoms with van der Waals surface area (Å²) in [5, 5.41) is 8.45. The minimum atomic E-state index is -1.02. The molecule has 0 heterocycles. The zero-order valence-electron chi connectivity index (χ0n) is 7.80. The predicted octanol–water partition coefficient (Wildman–Crippen LogP) is -0.304. The summed E-state index contributed by atoms with van der Waals surface area (Å²) in [6.07, 6.45) is 0. The topological polar surface area (TPSA) is 106 Å². The Bertz CT molecular complexity index is 191. The standard InChI is InChI=1S/C7H14N2O3S2/c1-4(10)5(8)2-13-14-3-6(9)7(11)12/h5-6H,2-3,8-9H2,1H3,(H,11,12). The zero-order valence-corrected chi connectivity index (χ0v) is 9.44. The van der Waals surface area contributed by atoms with Crippen LogP contribution in [0.5, 0.6) is 0 Å². The van der Waals surface area contributed by atoms with Gasteiger partial charge in [-0.15, -0.1) is 0 Å². The number of carboxylic acids is 1. The Morgan fingerprint density at radius 1 is 1.21 bits per heavy atom. The van der Waals surface area contributed by atoms with Gasteiger partial charge in [0.25, 0.3) is 0 Å². The number of Topliss-reactive ketones (excluding diaryl/α,β-unsaturated/α-hetero) is 1. The summed E-state index contributed by atoms with van der Waals surface area (Å²) in [5.41, 5.74) is 10.7. The van der Waals surface area contributed by atoms with E-state index in [1.807, 2.05) is 0 Å². The Labute approximate surface area is 90.4 Å². The second kappa shape index (κ2) is 7.10. The van der Waals surface area contributed by atoms with Gasteiger partial charge in [-0.2, -0.15) is 0 Å². The first-order valence-electron chi connectivity index (χ1n) is 3.94. The van der Waals surface area contributed by atoms with Crippen molar-refractivity contribution in [3.05, 3.63) is 0 Å². The predicted molar refractivity (Wildman–Crippen MR) is 59.2 cm³/mol. The maximum absolute atomic E-state index is 10.7. The maximum Gasteiger partial charge on any atom is 0.321 e. The molecule has 7 heteroatoms. The lowest BCUT2D eigenvalue weighted by molar-refractivity contribution is -0.137. The zero-order chi connectivity index (χ0) is 11.1. The van der Waals surface area contributed by atoms with Crippen LogP contribution in [-0.4, -0.2) is 40.4 Å². The van der Waals surface area contributed by atoms with Crippen LogP contribution in [-0.2, 0) is 9.59 Å². The molecule has 0 aliphatic heterocycles. The van der Waals surface area contributed by atoms with Crippen LogP contribution in [0.1, 0.15) is 6.92 Å². The van der Waals surface area contributed by atoms with Crippen LogP contribution < -0.4 is 11.5 Å². The van der Waals surface area contributed by atoms with Gasteiger partial charge in [0.1, 0.15) is 11.8 Å². The molecule has 0 aromatic carbocycles. The van der Waals surface area contributed by atoms with Crippen molar-refractivity contribution in [3.63, 3.8) is 0 Å². The number of aliphatic carboxylic acids is 1. The lowest BCUT2D eigenvalue weighted by Crippen LogP contribution is -2.32.